The lowest BCUT2D eigenvalue weighted by atomic mass is 10.1. The van der Waals surface area contributed by atoms with Gasteiger partial charge in [0.05, 0.1) is 10.6 Å². The Balaban J connectivity index is 2.08. The first-order valence-corrected chi connectivity index (χ1v) is 15.5. The second-order valence-corrected chi connectivity index (χ2v) is 13.7. The summed E-state index contributed by atoms with van der Waals surface area (Å²) in [5.74, 6) is -0.809. The molecule has 0 heterocycles. The van der Waals surface area contributed by atoms with E-state index in [0.717, 1.165) is 21.2 Å². The minimum Gasteiger partial charge on any atom is -0.350 e. The molecule has 0 bridgehead atoms. The number of nitrogens with one attached hydrogen (secondary N) is 1. The lowest BCUT2D eigenvalue weighted by Crippen LogP contribution is -2.54. The number of hydrogen-bond acceptors (Lipinski definition) is 4. The highest BCUT2D eigenvalue weighted by Crippen LogP contribution is 2.28. The molecular formula is C31H38BrN3O4S. The number of halogens is 1. The third kappa shape index (κ3) is 7.95. The summed E-state index contributed by atoms with van der Waals surface area (Å²) in [6.45, 7) is 10.8. The summed E-state index contributed by atoms with van der Waals surface area (Å²) in [4.78, 5) is 28.8. The topological polar surface area (TPSA) is 86.8 Å². The molecule has 0 aromatic heterocycles. The van der Waals surface area contributed by atoms with Crippen molar-refractivity contribution in [2.24, 2.45) is 0 Å². The molecule has 0 fully saturated rings. The summed E-state index contributed by atoms with van der Waals surface area (Å²) < 4.78 is 30.1. The monoisotopic (exact) mass is 627 g/mol. The first kappa shape index (κ1) is 31.4. The van der Waals surface area contributed by atoms with Gasteiger partial charge in [-0.3, -0.25) is 13.9 Å². The molecule has 2 amide bonds. The van der Waals surface area contributed by atoms with Crippen molar-refractivity contribution in [3.8, 4) is 0 Å². The Kier molecular flexibility index (Phi) is 10.2. The van der Waals surface area contributed by atoms with E-state index in [1.807, 2.05) is 71.0 Å². The summed E-state index contributed by atoms with van der Waals surface area (Å²) in [6.07, 6.45) is 0.580. The fraction of sp³-hybridized carbons (Fsp3) is 0.355. The van der Waals surface area contributed by atoms with Crippen molar-refractivity contribution in [1.82, 2.24) is 10.2 Å². The maximum atomic E-state index is 14.1. The van der Waals surface area contributed by atoms with Crippen LogP contribution in [0.1, 0.15) is 51.3 Å². The summed E-state index contributed by atoms with van der Waals surface area (Å²) in [5, 5.41) is 2.94. The minimum atomic E-state index is -4.11. The normalized spacial score (nSPS) is 12.5. The van der Waals surface area contributed by atoms with Gasteiger partial charge in [-0.2, -0.15) is 0 Å². The van der Waals surface area contributed by atoms with Crippen LogP contribution < -0.4 is 9.62 Å². The van der Waals surface area contributed by atoms with E-state index in [4.69, 9.17) is 0 Å². The number of carbonyl (C=O) groups is 2. The van der Waals surface area contributed by atoms with E-state index < -0.39 is 34.1 Å². The smallest absolute Gasteiger partial charge is 0.264 e. The van der Waals surface area contributed by atoms with Crippen LogP contribution in [0.25, 0.3) is 0 Å². The second-order valence-electron chi connectivity index (χ2n) is 10.9. The highest BCUT2D eigenvalue weighted by atomic mass is 79.9. The van der Waals surface area contributed by atoms with E-state index in [1.165, 1.54) is 9.21 Å². The Morgan fingerprint density at radius 2 is 1.62 bits per heavy atom. The molecule has 1 N–H and O–H groups in total. The molecule has 1 atom stereocenters. The van der Waals surface area contributed by atoms with Crippen molar-refractivity contribution < 1.29 is 18.0 Å². The minimum absolute atomic E-state index is 0.0915. The van der Waals surface area contributed by atoms with Crippen molar-refractivity contribution >= 4 is 43.5 Å². The van der Waals surface area contributed by atoms with E-state index in [2.05, 4.69) is 21.2 Å². The first-order chi connectivity index (χ1) is 18.7. The molecular weight excluding hydrogens is 590 g/mol. The Morgan fingerprint density at radius 1 is 0.975 bits per heavy atom. The van der Waals surface area contributed by atoms with Crippen molar-refractivity contribution in [2.75, 3.05) is 10.8 Å². The Bertz CT molecular complexity index is 1450. The first-order valence-electron chi connectivity index (χ1n) is 13.3. The summed E-state index contributed by atoms with van der Waals surface area (Å²) in [6, 6.07) is 20.4. The lowest BCUT2D eigenvalue weighted by Gasteiger charge is -2.34. The maximum absolute atomic E-state index is 14.1. The lowest BCUT2D eigenvalue weighted by molar-refractivity contribution is -0.140. The SMILES string of the molecule is CCc1ccccc1N(CC(=O)N(Cc1cccc(Br)c1)[C@@H](C)C(=O)NC(C)(C)C)S(=O)(=O)c1ccc(C)cc1. The highest BCUT2D eigenvalue weighted by Gasteiger charge is 2.34. The molecule has 0 saturated heterocycles. The molecule has 0 saturated carbocycles. The molecule has 0 spiro atoms. The number of anilines is 1. The zero-order valence-corrected chi connectivity index (χ0v) is 26.3. The Hall–Kier alpha value is -3.17. The van der Waals surface area contributed by atoms with Crippen LogP contribution in [0.5, 0.6) is 0 Å². The van der Waals surface area contributed by atoms with E-state index in [-0.39, 0.29) is 17.3 Å². The van der Waals surface area contributed by atoms with Gasteiger partial charge in [0, 0.05) is 16.6 Å². The summed E-state index contributed by atoms with van der Waals surface area (Å²) in [7, 11) is -4.11. The van der Waals surface area contributed by atoms with Crippen LogP contribution >= 0.6 is 15.9 Å². The van der Waals surface area contributed by atoms with Crippen molar-refractivity contribution in [2.45, 2.75) is 71.0 Å². The van der Waals surface area contributed by atoms with Gasteiger partial charge in [-0.15, -0.1) is 0 Å². The average molecular weight is 629 g/mol. The third-order valence-corrected chi connectivity index (χ3v) is 8.70. The van der Waals surface area contributed by atoms with E-state index in [9.17, 15) is 18.0 Å². The van der Waals surface area contributed by atoms with Crippen molar-refractivity contribution in [1.29, 1.82) is 0 Å². The molecule has 3 aromatic carbocycles. The molecule has 3 rings (SSSR count). The molecule has 0 aliphatic heterocycles. The zero-order valence-electron chi connectivity index (χ0n) is 23.9. The van der Waals surface area contributed by atoms with Crippen molar-refractivity contribution in [3.05, 3.63) is 94.0 Å². The number of carbonyl (C=O) groups excluding carboxylic acids is 2. The molecule has 0 unspecified atom stereocenters. The summed E-state index contributed by atoms with van der Waals surface area (Å²) >= 11 is 3.47. The van der Waals surface area contributed by atoms with Crippen LogP contribution in [-0.4, -0.2) is 43.3 Å². The van der Waals surface area contributed by atoms with Gasteiger partial charge >= 0.3 is 0 Å². The molecule has 3 aromatic rings. The van der Waals surface area contributed by atoms with E-state index >= 15 is 0 Å². The van der Waals surface area contributed by atoms with E-state index in [1.54, 1.807) is 43.3 Å². The molecule has 40 heavy (non-hydrogen) atoms. The number of benzene rings is 3. The Labute approximate surface area is 246 Å². The molecule has 0 aliphatic rings. The largest absolute Gasteiger partial charge is 0.350 e. The van der Waals surface area contributed by atoms with Crippen LogP contribution in [0.15, 0.2) is 82.2 Å². The van der Waals surface area contributed by atoms with E-state index in [0.29, 0.717) is 12.1 Å². The number of nitrogens with zero attached hydrogens (tertiary/aromatic N) is 2. The number of para-hydroxylation sites is 1. The molecule has 214 valence electrons. The highest BCUT2D eigenvalue weighted by molar-refractivity contribution is 9.10. The van der Waals surface area contributed by atoms with Gasteiger partial charge in [0.2, 0.25) is 11.8 Å². The average Bonchev–Trinajstić information content (AvgIpc) is 2.89. The zero-order chi connectivity index (χ0) is 29.7. The molecule has 9 heteroatoms. The summed E-state index contributed by atoms with van der Waals surface area (Å²) in [5.41, 5.74) is 2.46. The van der Waals surface area contributed by atoms with Gasteiger partial charge in [-0.1, -0.05) is 70.9 Å². The van der Waals surface area contributed by atoms with Crippen LogP contribution in [0, 0.1) is 6.92 Å². The van der Waals surface area contributed by atoms with Crippen LogP contribution in [0.2, 0.25) is 0 Å². The number of sulfonamides is 1. The van der Waals surface area contributed by atoms with Crippen molar-refractivity contribution in [3.63, 3.8) is 0 Å². The van der Waals surface area contributed by atoms with Gasteiger partial charge in [0.1, 0.15) is 12.6 Å². The number of aryl methyl sites for hydroxylation is 2. The van der Waals surface area contributed by atoms with Gasteiger partial charge in [0.15, 0.2) is 0 Å². The number of rotatable bonds is 10. The van der Waals surface area contributed by atoms with Gasteiger partial charge in [-0.25, -0.2) is 8.42 Å². The molecule has 0 aliphatic carbocycles. The van der Waals surface area contributed by atoms with Crippen LogP contribution in [0.3, 0.4) is 0 Å². The van der Waals surface area contributed by atoms with Gasteiger partial charge < -0.3 is 10.2 Å². The number of amides is 2. The second kappa shape index (κ2) is 13.0. The quantitative estimate of drug-likeness (QED) is 0.306. The van der Waals surface area contributed by atoms with Gasteiger partial charge in [0.25, 0.3) is 10.0 Å². The fourth-order valence-electron chi connectivity index (χ4n) is 4.29. The molecule has 7 nitrogen and oxygen atoms in total. The van der Waals surface area contributed by atoms with Crippen LogP contribution in [-0.2, 0) is 32.6 Å². The third-order valence-electron chi connectivity index (χ3n) is 6.44. The number of hydrogen-bond donors (Lipinski definition) is 1. The van der Waals surface area contributed by atoms with Crippen LogP contribution in [0.4, 0.5) is 5.69 Å². The maximum Gasteiger partial charge on any atom is 0.264 e. The predicted octanol–water partition coefficient (Wildman–Crippen LogP) is 5.85. The Morgan fingerprint density at radius 3 is 2.23 bits per heavy atom. The standard InChI is InChI=1S/C31H38BrN3O4S/c1-7-25-12-8-9-14-28(25)35(40(38,39)27-17-15-22(2)16-18-27)21-29(36)34(20-24-11-10-13-26(32)19-24)23(3)30(37)33-31(4,5)6/h8-19,23H,7,20-21H2,1-6H3,(H,33,37)/t23-/m0/s1. The predicted molar refractivity (Wildman–Crippen MR) is 164 cm³/mol. The van der Waals surface area contributed by atoms with Gasteiger partial charge in [-0.05, 0) is 82.5 Å². The fourth-order valence-corrected chi connectivity index (χ4v) is 6.19. The molecule has 0 radical (unpaired) electrons.